The molecule has 0 N–H and O–H groups in total. The SMILES string of the molecule is CCCc1c(N=C=O)cc2c(c1N=C=O)C(C)(C)CC2. The minimum atomic E-state index is -0.0169. The molecule has 20 heavy (non-hydrogen) atoms. The molecule has 1 aromatic rings. The molecule has 4 nitrogen and oxygen atoms in total. The van der Waals surface area contributed by atoms with Gasteiger partial charge in [-0.3, -0.25) is 0 Å². The Morgan fingerprint density at radius 2 is 1.95 bits per heavy atom. The molecular weight excluding hydrogens is 252 g/mol. The van der Waals surface area contributed by atoms with E-state index < -0.39 is 0 Å². The van der Waals surface area contributed by atoms with E-state index in [1.54, 1.807) is 12.2 Å². The van der Waals surface area contributed by atoms with E-state index in [1.807, 2.05) is 13.0 Å². The van der Waals surface area contributed by atoms with Gasteiger partial charge in [-0.25, -0.2) is 9.59 Å². The van der Waals surface area contributed by atoms with Crippen LogP contribution in [0.15, 0.2) is 16.1 Å². The van der Waals surface area contributed by atoms with Crippen LogP contribution in [0.3, 0.4) is 0 Å². The first-order valence-electron chi connectivity index (χ1n) is 6.90. The Kier molecular flexibility index (Phi) is 3.99. The second kappa shape index (κ2) is 5.54. The van der Waals surface area contributed by atoms with Crippen LogP contribution >= 0.6 is 0 Å². The summed E-state index contributed by atoms with van der Waals surface area (Å²) in [5.41, 5.74) is 4.32. The van der Waals surface area contributed by atoms with Crippen LogP contribution in [0, 0.1) is 0 Å². The summed E-state index contributed by atoms with van der Waals surface area (Å²) in [6, 6.07) is 1.95. The van der Waals surface area contributed by atoms with Gasteiger partial charge in [0.15, 0.2) is 0 Å². The number of hydrogen-bond acceptors (Lipinski definition) is 4. The standard InChI is InChI=1S/C16H18N2O2/c1-4-5-12-13(17-9-19)8-11-6-7-16(2,3)14(11)15(12)18-10-20/h8H,4-7H2,1-3H3. The van der Waals surface area contributed by atoms with E-state index >= 15 is 0 Å². The van der Waals surface area contributed by atoms with Crippen molar-refractivity contribution in [2.24, 2.45) is 9.98 Å². The lowest BCUT2D eigenvalue weighted by atomic mass is 9.83. The fourth-order valence-corrected chi connectivity index (χ4v) is 3.09. The van der Waals surface area contributed by atoms with Gasteiger partial charge in [0.1, 0.15) is 0 Å². The van der Waals surface area contributed by atoms with E-state index in [4.69, 9.17) is 0 Å². The van der Waals surface area contributed by atoms with Crippen LogP contribution in [0.25, 0.3) is 0 Å². The molecule has 1 aliphatic carbocycles. The monoisotopic (exact) mass is 270 g/mol. The van der Waals surface area contributed by atoms with Gasteiger partial charge in [0.25, 0.3) is 0 Å². The van der Waals surface area contributed by atoms with Crippen molar-refractivity contribution < 1.29 is 9.59 Å². The van der Waals surface area contributed by atoms with Gasteiger partial charge >= 0.3 is 0 Å². The number of nitrogens with zero attached hydrogens (tertiary/aromatic N) is 2. The summed E-state index contributed by atoms with van der Waals surface area (Å²) in [6.07, 6.45) is 6.79. The van der Waals surface area contributed by atoms with E-state index in [9.17, 15) is 9.59 Å². The van der Waals surface area contributed by atoms with Crippen LogP contribution in [0.1, 0.15) is 50.3 Å². The molecule has 2 rings (SSSR count). The van der Waals surface area contributed by atoms with E-state index in [-0.39, 0.29) is 5.41 Å². The maximum absolute atomic E-state index is 10.8. The summed E-state index contributed by atoms with van der Waals surface area (Å²) in [5.74, 6) is 0. The lowest BCUT2D eigenvalue weighted by Crippen LogP contribution is -2.13. The van der Waals surface area contributed by atoms with Gasteiger partial charge in [0.05, 0.1) is 11.4 Å². The second-order valence-corrected chi connectivity index (χ2v) is 5.80. The van der Waals surface area contributed by atoms with E-state index in [1.165, 1.54) is 0 Å². The minimum absolute atomic E-state index is 0.0169. The summed E-state index contributed by atoms with van der Waals surface area (Å²) < 4.78 is 0. The number of rotatable bonds is 4. The van der Waals surface area contributed by atoms with Crippen molar-refractivity contribution in [2.45, 2.75) is 51.9 Å². The molecule has 104 valence electrons. The predicted molar refractivity (Wildman–Crippen MR) is 77.3 cm³/mol. The van der Waals surface area contributed by atoms with Crippen LogP contribution in [0.5, 0.6) is 0 Å². The molecule has 4 heteroatoms. The molecule has 0 radical (unpaired) electrons. The van der Waals surface area contributed by atoms with Crippen LogP contribution in [0.4, 0.5) is 11.4 Å². The number of isocyanates is 2. The number of hydrogen-bond donors (Lipinski definition) is 0. The first kappa shape index (κ1) is 14.4. The highest BCUT2D eigenvalue weighted by molar-refractivity contribution is 5.73. The molecule has 1 aliphatic rings. The summed E-state index contributed by atoms with van der Waals surface area (Å²) in [5, 5.41) is 0. The highest BCUT2D eigenvalue weighted by atomic mass is 16.1. The zero-order valence-electron chi connectivity index (χ0n) is 12.1. The van der Waals surface area contributed by atoms with Gasteiger partial charge in [-0.15, -0.1) is 0 Å². The highest BCUT2D eigenvalue weighted by Crippen LogP contribution is 2.48. The molecule has 0 fully saturated rings. The summed E-state index contributed by atoms with van der Waals surface area (Å²) in [4.78, 5) is 29.2. The minimum Gasteiger partial charge on any atom is -0.211 e. The third kappa shape index (κ3) is 2.36. The van der Waals surface area contributed by atoms with Crippen molar-refractivity contribution in [1.29, 1.82) is 0 Å². The van der Waals surface area contributed by atoms with Crippen molar-refractivity contribution in [3.63, 3.8) is 0 Å². The number of benzene rings is 1. The molecule has 1 aromatic carbocycles. The van der Waals surface area contributed by atoms with Crippen LogP contribution in [-0.4, -0.2) is 12.2 Å². The average Bonchev–Trinajstić information content (AvgIpc) is 2.69. The lowest BCUT2D eigenvalue weighted by Gasteiger charge is -2.22. The zero-order valence-corrected chi connectivity index (χ0v) is 12.1. The number of fused-ring (bicyclic) bond motifs is 1. The number of aryl methyl sites for hydroxylation is 1. The van der Waals surface area contributed by atoms with Crippen molar-refractivity contribution >= 4 is 23.5 Å². The van der Waals surface area contributed by atoms with E-state index in [2.05, 4.69) is 23.8 Å². The molecular formula is C16H18N2O2. The Labute approximate surface area is 118 Å². The molecule has 0 saturated heterocycles. The molecule has 0 saturated carbocycles. The third-order valence-corrected chi connectivity index (χ3v) is 3.98. The second-order valence-electron chi connectivity index (χ2n) is 5.80. The molecule has 0 unspecified atom stereocenters. The molecule has 0 aromatic heterocycles. The number of carbonyl (C=O) groups excluding carboxylic acids is 2. The van der Waals surface area contributed by atoms with Crippen LogP contribution in [-0.2, 0) is 27.8 Å². The molecule has 0 heterocycles. The fourth-order valence-electron chi connectivity index (χ4n) is 3.09. The zero-order chi connectivity index (χ0) is 14.8. The van der Waals surface area contributed by atoms with Gasteiger partial charge in [0.2, 0.25) is 12.2 Å². The summed E-state index contributed by atoms with van der Waals surface area (Å²) in [6.45, 7) is 6.35. The molecule has 0 aliphatic heterocycles. The largest absolute Gasteiger partial charge is 0.240 e. The van der Waals surface area contributed by atoms with Gasteiger partial charge < -0.3 is 0 Å². The Hall–Kier alpha value is -2.02. The fraction of sp³-hybridized carbons (Fsp3) is 0.500. The van der Waals surface area contributed by atoms with E-state index in [0.717, 1.165) is 42.4 Å². The summed E-state index contributed by atoms with van der Waals surface area (Å²) in [7, 11) is 0. The van der Waals surface area contributed by atoms with Crippen molar-refractivity contribution in [2.75, 3.05) is 0 Å². The first-order valence-corrected chi connectivity index (χ1v) is 6.90. The van der Waals surface area contributed by atoms with Gasteiger partial charge in [0, 0.05) is 5.56 Å². The van der Waals surface area contributed by atoms with Gasteiger partial charge in [-0.05, 0) is 41.9 Å². The van der Waals surface area contributed by atoms with Gasteiger partial charge in [-0.2, -0.15) is 9.98 Å². The van der Waals surface area contributed by atoms with Crippen LogP contribution < -0.4 is 0 Å². The quantitative estimate of drug-likeness (QED) is 0.617. The maximum atomic E-state index is 10.8. The molecule has 0 atom stereocenters. The Morgan fingerprint density at radius 3 is 2.55 bits per heavy atom. The van der Waals surface area contributed by atoms with E-state index in [0.29, 0.717) is 11.4 Å². The Morgan fingerprint density at radius 1 is 1.25 bits per heavy atom. The first-order chi connectivity index (χ1) is 9.55. The van der Waals surface area contributed by atoms with Crippen molar-refractivity contribution in [3.05, 3.63) is 22.8 Å². The van der Waals surface area contributed by atoms with Crippen molar-refractivity contribution in [1.82, 2.24) is 0 Å². The smallest absolute Gasteiger partial charge is 0.211 e. The predicted octanol–water partition coefficient (Wildman–Crippen LogP) is 3.80. The van der Waals surface area contributed by atoms with Gasteiger partial charge in [-0.1, -0.05) is 27.2 Å². The Balaban J connectivity index is 2.82. The topological polar surface area (TPSA) is 58.9 Å². The maximum Gasteiger partial charge on any atom is 0.240 e. The molecule has 0 amide bonds. The summed E-state index contributed by atoms with van der Waals surface area (Å²) >= 11 is 0. The molecule has 0 bridgehead atoms. The third-order valence-electron chi connectivity index (χ3n) is 3.98. The van der Waals surface area contributed by atoms with Crippen LogP contribution in [0.2, 0.25) is 0 Å². The normalized spacial score (nSPS) is 15.2. The average molecular weight is 270 g/mol. The highest BCUT2D eigenvalue weighted by Gasteiger charge is 2.34. The Bertz CT molecular complexity index is 634. The number of aliphatic imine (C=N–C) groups is 2. The van der Waals surface area contributed by atoms with Crippen molar-refractivity contribution in [3.8, 4) is 0 Å². The lowest BCUT2D eigenvalue weighted by molar-refractivity contribution is 0.522. The molecule has 0 spiro atoms.